The highest BCUT2D eigenvalue weighted by Crippen LogP contribution is 2.57. The summed E-state index contributed by atoms with van der Waals surface area (Å²) >= 11 is 0. The summed E-state index contributed by atoms with van der Waals surface area (Å²) in [5, 5.41) is 0.0723. The highest BCUT2D eigenvalue weighted by molar-refractivity contribution is 6.74. The largest absolute Gasteiger partial charge is 0.463 e. The zero-order chi connectivity index (χ0) is 19.2. The molecule has 0 heterocycles. The second-order valence-electron chi connectivity index (χ2n) is 9.05. The number of esters is 1. The third kappa shape index (κ3) is 2.97. The van der Waals surface area contributed by atoms with Gasteiger partial charge in [0.1, 0.15) is 5.60 Å². The molecule has 4 heteroatoms. The maximum absolute atomic E-state index is 12.8. The Labute approximate surface area is 158 Å². The van der Waals surface area contributed by atoms with Crippen LogP contribution in [-0.4, -0.2) is 20.9 Å². The average Bonchev–Trinajstić information content (AvgIpc) is 2.64. The molecule has 0 aromatic heterocycles. The molecule has 0 saturated carbocycles. The molecule has 0 saturated heterocycles. The third-order valence-corrected chi connectivity index (χ3v) is 10.8. The van der Waals surface area contributed by atoms with Crippen molar-refractivity contribution in [1.29, 1.82) is 0 Å². The molecule has 0 fully saturated rings. The smallest absolute Gasteiger partial charge is 0.336 e. The Morgan fingerprint density at radius 1 is 1.27 bits per heavy atom. The predicted molar refractivity (Wildman–Crippen MR) is 108 cm³/mol. The zero-order valence-electron chi connectivity index (χ0n) is 17.0. The van der Waals surface area contributed by atoms with E-state index >= 15 is 0 Å². The van der Waals surface area contributed by atoms with E-state index in [1.807, 2.05) is 6.92 Å². The quantitative estimate of drug-likeness (QED) is 0.527. The SMILES string of the molecule is CCOC(=O)C1=C[C@H]2CCCc3ccccc3[C@@]12O[Si](C)(C)C(C)(C)C. The Kier molecular flexibility index (Phi) is 4.95. The number of carbonyl (C=O) groups is 1. The normalized spacial score (nSPS) is 25.3. The van der Waals surface area contributed by atoms with Gasteiger partial charge in [-0.3, -0.25) is 0 Å². The van der Waals surface area contributed by atoms with Crippen LogP contribution >= 0.6 is 0 Å². The Hall–Kier alpha value is -1.39. The summed E-state index contributed by atoms with van der Waals surface area (Å²) in [4.78, 5) is 12.8. The minimum Gasteiger partial charge on any atom is -0.463 e. The lowest BCUT2D eigenvalue weighted by Crippen LogP contribution is -2.57. The molecule has 1 aromatic carbocycles. The molecule has 0 unspecified atom stereocenters. The lowest BCUT2D eigenvalue weighted by Gasteiger charge is -2.53. The predicted octanol–water partition coefficient (Wildman–Crippen LogP) is 5.36. The summed E-state index contributed by atoms with van der Waals surface area (Å²) in [6.45, 7) is 13.5. The molecular weight excluding hydrogens is 340 g/mol. The first-order valence-corrected chi connectivity index (χ1v) is 12.7. The molecule has 2 aliphatic rings. The van der Waals surface area contributed by atoms with Gasteiger partial charge in [-0.1, -0.05) is 51.1 Å². The Bertz CT molecular complexity index is 729. The van der Waals surface area contributed by atoms with Crippen LogP contribution < -0.4 is 0 Å². The van der Waals surface area contributed by atoms with E-state index in [0.29, 0.717) is 12.2 Å². The first kappa shape index (κ1) is 19.4. The van der Waals surface area contributed by atoms with Gasteiger partial charge in [0.25, 0.3) is 0 Å². The molecule has 0 aliphatic heterocycles. The van der Waals surface area contributed by atoms with Gasteiger partial charge in [0.05, 0.1) is 12.2 Å². The minimum atomic E-state index is -2.11. The molecule has 0 radical (unpaired) electrons. The highest BCUT2D eigenvalue weighted by Gasteiger charge is 2.59. The second-order valence-corrected chi connectivity index (χ2v) is 13.8. The highest BCUT2D eigenvalue weighted by atomic mass is 28.4. The van der Waals surface area contributed by atoms with E-state index in [2.05, 4.69) is 64.2 Å². The van der Waals surface area contributed by atoms with Crippen LogP contribution in [0.5, 0.6) is 0 Å². The fraction of sp³-hybridized carbons (Fsp3) is 0.591. The zero-order valence-corrected chi connectivity index (χ0v) is 18.0. The van der Waals surface area contributed by atoms with Crippen molar-refractivity contribution in [2.45, 2.75) is 70.7 Å². The summed E-state index contributed by atoms with van der Waals surface area (Å²) in [7, 11) is -2.11. The van der Waals surface area contributed by atoms with Crippen LogP contribution in [0.4, 0.5) is 0 Å². The number of hydrogen-bond donors (Lipinski definition) is 0. The van der Waals surface area contributed by atoms with Crippen LogP contribution in [0.1, 0.15) is 51.7 Å². The monoisotopic (exact) mass is 372 g/mol. The van der Waals surface area contributed by atoms with Gasteiger partial charge in [-0.2, -0.15) is 0 Å². The van der Waals surface area contributed by atoms with E-state index in [4.69, 9.17) is 9.16 Å². The van der Waals surface area contributed by atoms with Crippen molar-refractivity contribution < 1.29 is 14.0 Å². The number of carbonyl (C=O) groups excluding carboxylic acids is 1. The van der Waals surface area contributed by atoms with E-state index in [0.717, 1.165) is 19.3 Å². The van der Waals surface area contributed by atoms with Gasteiger partial charge in [0.2, 0.25) is 0 Å². The average molecular weight is 373 g/mol. The van der Waals surface area contributed by atoms with Crippen LogP contribution in [0.2, 0.25) is 18.1 Å². The molecule has 1 aromatic rings. The molecule has 2 aliphatic carbocycles. The van der Waals surface area contributed by atoms with Crippen molar-refractivity contribution in [3.8, 4) is 0 Å². The molecule has 0 amide bonds. The van der Waals surface area contributed by atoms with Gasteiger partial charge >= 0.3 is 5.97 Å². The Morgan fingerprint density at radius 2 is 1.96 bits per heavy atom. The van der Waals surface area contributed by atoms with Crippen LogP contribution in [0.3, 0.4) is 0 Å². The lowest BCUT2D eigenvalue weighted by atomic mass is 9.65. The van der Waals surface area contributed by atoms with Crippen molar-refractivity contribution >= 4 is 14.3 Å². The van der Waals surface area contributed by atoms with E-state index < -0.39 is 13.9 Å². The molecular formula is C22H32O3Si. The number of aryl methyl sites for hydroxylation is 1. The first-order chi connectivity index (χ1) is 12.1. The van der Waals surface area contributed by atoms with Gasteiger partial charge in [0, 0.05) is 5.92 Å². The number of rotatable bonds is 4. The number of benzene rings is 1. The Morgan fingerprint density at radius 3 is 2.62 bits per heavy atom. The van der Waals surface area contributed by atoms with E-state index in [1.165, 1.54) is 11.1 Å². The molecule has 0 N–H and O–H groups in total. The summed E-state index contributed by atoms with van der Waals surface area (Å²) in [6, 6.07) is 8.51. The van der Waals surface area contributed by atoms with Gasteiger partial charge in [-0.15, -0.1) is 0 Å². The van der Waals surface area contributed by atoms with Crippen molar-refractivity contribution in [3.63, 3.8) is 0 Å². The van der Waals surface area contributed by atoms with E-state index in [1.54, 1.807) is 0 Å². The van der Waals surface area contributed by atoms with Crippen molar-refractivity contribution in [1.82, 2.24) is 0 Å². The molecule has 0 spiro atoms. The van der Waals surface area contributed by atoms with Crippen LogP contribution in [0.25, 0.3) is 0 Å². The molecule has 3 rings (SSSR count). The number of hydrogen-bond acceptors (Lipinski definition) is 3. The van der Waals surface area contributed by atoms with Gasteiger partial charge in [-0.25, -0.2) is 4.79 Å². The lowest BCUT2D eigenvalue weighted by molar-refractivity contribution is -0.143. The first-order valence-electron chi connectivity index (χ1n) is 9.81. The van der Waals surface area contributed by atoms with Gasteiger partial charge < -0.3 is 9.16 Å². The molecule has 26 heavy (non-hydrogen) atoms. The Balaban J connectivity index is 2.16. The summed E-state index contributed by atoms with van der Waals surface area (Å²) in [6.07, 6.45) is 5.32. The topological polar surface area (TPSA) is 35.5 Å². The summed E-state index contributed by atoms with van der Waals surface area (Å²) in [5.74, 6) is 0.0267. The second kappa shape index (κ2) is 6.65. The van der Waals surface area contributed by atoms with Gasteiger partial charge in [-0.05, 0) is 55.4 Å². The van der Waals surface area contributed by atoms with E-state index in [-0.39, 0.29) is 16.9 Å². The third-order valence-electron chi connectivity index (χ3n) is 6.39. The number of fused-ring (bicyclic) bond motifs is 3. The summed E-state index contributed by atoms with van der Waals surface area (Å²) in [5.41, 5.74) is 2.56. The maximum Gasteiger partial charge on any atom is 0.336 e. The van der Waals surface area contributed by atoms with Crippen molar-refractivity contribution in [2.75, 3.05) is 6.61 Å². The minimum absolute atomic E-state index is 0.0723. The van der Waals surface area contributed by atoms with Crippen molar-refractivity contribution in [3.05, 3.63) is 47.0 Å². The molecule has 0 bridgehead atoms. The fourth-order valence-corrected chi connectivity index (χ4v) is 5.44. The van der Waals surface area contributed by atoms with Crippen LogP contribution in [0, 0.1) is 5.92 Å². The van der Waals surface area contributed by atoms with Crippen molar-refractivity contribution in [2.24, 2.45) is 5.92 Å². The van der Waals surface area contributed by atoms with E-state index in [9.17, 15) is 4.79 Å². The molecule has 2 atom stereocenters. The molecule has 3 nitrogen and oxygen atoms in total. The standard InChI is InChI=1S/C22H32O3Si/c1-7-24-20(23)19-15-17-13-10-12-16-11-8-9-14-18(16)22(17,19)25-26(5,6)21(2,3)4/h8-9,11,14-15,17H,7,10,12-13H2,1-6H3/t17-,22-/m1/s1. The molecule has 142 valence electrons. The number of ether oxygens (including phenoxy) is 1. The van der Waals surface area contributed by atoms with Gasteiger partial charge in [0.15, 0.2) is 8.32 Å². The maximum atomic E-state index is 12.8. The van der Waals surface area contributed by atoms with Crippen LogP contribution in [0.15, 0.2) is 35.9 Å². The fourth-order valence-electron chi connectivity index (χ4n) is 3.96. The van der Waals surface area contributed by atoms with Crippen LogP contribution in [-0.2, 0) is 26.0 Å². The summed E-state index contributed by atoms with van der Waals surface area (Å²) < 4.78 is 12.5.